The molecule has 22 nitrogen and oxygen atoms in total. The van der Waals surface area contributed by atoms with Gasteiger partial charge >= 0.3 is 22.5 Å². The van der Waals surface area contributed by atoms with Gasteiger partial charge in [0.1, 0.15) is 12.1 Å². The predicted molar refractivity (Wildman–Crippen MR) is 151 cm³/mol. The van der Waals surface area contributed by atoms with Crippen molar-refractivity contribution < 1.29 is 35.4 Å². The highest BCUT2D eigenvalue weighted by atomic mass is 32.3. The summed E-state index contributed by atoms with van der Waals surface area (Å²) in [6.45, 7) is 0.401. The molecule has 4 saturated heterocycles. The number of aromatic nitrogens is 4. The lowest BCUT2D eigenvalue weighted by Gasteiger charge is -2.35. The summed E-state index contributed by atoms with van der Waals surface area (Å²) in [7, 11) is -4.95. The number of amides is 4. The summed E-state index contributed by atoms with van der Waals surface area (Å²) in [5, 5.41) is 37.5. The standard InChI is InChI=1S/C24H32N14O8S/c25-19(26)29-7-15-31-33-17(43-15)11-5-23(1-2-23)13-9-35(11)21(39)37(13)45-47(41,42)46-38-14-10-36(22(38)40)12(6-24(14)3-4-24)18-34-32-16(44-18)8-30-20(27)28/h11-14H,1-10H2,(H4,25,26,29)(H4,27,28,30)/t11-,12-,13-,14-/m0/s1. The Balaban J connectivity index is 0.975. The van der Waals surface area contributed by atoms with Gasteiger partial charge in [0.2, 0.25) is 23.6 Å². The summed E-state index contributed by atoms with van der Waals surface area (Å²) in [5.41, 5.74) is 9.80. The highest BCUT2D eigenvalue weighted by Gasteiger charge is 2.67. The number of nitrogens with zero attached hydrogens (tertiary/aromatic N) is 8. The Labute approximate surface area is 266 Å². The summed E-state index contributed by atoms with van der Waals surface area (Å²) < 4.78 is 49.0. The first kappa shape index (κ1) is 29.6. The third-order valence-electron chi connectivity index (χ3n) is 10.1. The van der Waals surface area contributed by atoms with Gasteiger partial charge in [-0.25, -0.2) is 9.59 Å². The van der Waals surface area contributed by atoms with Crippen LogP contribution in [0.15, 0.2) is 8.83 Å². The van der Waals surface area contributed by atoms with Crippen molar-refractivity contribution in [3.8, 4) is 0 Å². The molecular weight excluding hydrogens is 644 g/mol. The predicted octanol–water partition coefficient (Wildman–Crippen LogP) is -1.11. The first-order valence-corrected chi connectivity index (χ1v) is 16.3. The molecule has 8 rings (SSSR count). The Morgan fingerprint density at radius 1 is 0.787 bits per heavy atom. The van der Waals surface area contributed by atoms with E-state index in [-0.39, 0.29) is 61.7 Å². The molecule has 2 aliphatic carbocycles. The molecule has 6 fully saturated rings. The molecule has 2 saturated carbocycles. The highest BCUT2D eigenvalue weighted by Crippen LogP contribution is 2.63. The van der Waals surface area contributed by atoms with Crippen LogP contribution in [0.5, 0.6) is 0 Å². The Morgan fingerprint density at radius 2 is 1.19 bits per heavy atom. The Bertz CT molecular complexity index is 1650. The lowest BCUT2D eigenvalue weighted by atomic mass is 9.85. The van der Waals surface area contributed by atoms with Crippen LogP contribution in [-0.2, 0) is 32.1 Å². The third-order valence-corrected chi connectivity index (χ3v) is 10.7. The van der Waals surface area contributed by atoms with E-state index in [1.807, 2.05) is 0 Å². The van der Waals surface area contributed by atoms with Crippen LogP contribution in [0.25, 0.3) is 0 Å². The number of carbonyl (C=O) groups is 2. The molecule has 4 aliphatic heterocycles. The molecule has 252 valence electrons. The topological polar surface area (TPSA) is 301 Å². The van der Waals surface area contributed by atoms with Crippen molar-refractivity contribution in [1.29, 1.82) is 10.8 Å². The molecule has 8 N–H and O–H groups in total. The summed E-state index contributed by atoms with van der Waals surface area (Å²) in [5.74, 6) is 0.181. The molecule has 47 heavy (non-hydrogen) atoms. The number of rotatable bonds is 10. The maximum atomic E-state index is 13.6. The molecule has 0 radical (unpaired) electrons. The number of hydrogen-bond donors (Lipinski definition) is 6. The first-order valence-electron chi connectivity index (χ1n) is 15.0. The molecule has 6 aliphatic rings. The Kier molecular flexibility index (Phi) is 6.37. The number of carbonyl (C=O) groups excluding carboxylic acids is 2. The normalized spacial score (nSPS) is 28.0. The number of nitrogens with one attached hydrogen (secondary N) is 4. The molecule has 2 spiro atoms. The minimum absolute atomic E-state index is 0.0335. The zero-order chi connectivity index (χ0) is 32.9. The Morgan fingerprint density at radius 3 is 1.55 bits per heavy atom. The zero-order valence-electron chi connectivity index (χ0n) is 24.8. The molecule has 0 unspecified atom stereocenters. The highest BCUT2D eigenvalue weighted by molar-refractivity contribution is 7.81. The van der Waals surface area contributed by atoms with Crippen molar-refractivity contribution in [2.24, 2.45) is 22.3 Å². The van der Waals surface area contributed by atoms with Gasteiger partial charge in [0, 0.05) is 13.1 Å². The van der Waals surface area contributed by atoms with E-state index in [1.165, 1.54) is 9.80 Å². The maximum Gasteiger partial charge on any atom is 0.442 e. The minimum Gasteiger partial charge on any atom is -0.421 e. The molecule has 0 aromatic carbocycles. The number of nitrogens with two attached hydrogens (primary N) is 2. The lowest BCUT2D eigenvalue weighted by Crippen LogP contribution is -2.45. The minimum atomic E-state index is -4.95. The second-order valence-electron chi connectivity index (χ2n) is 12.9. The van der Waals surface area contributed by atoms with Gasteiger partial charge in [0.05, 0.1) is 25.2 Å². The molecule has 6 heterocycles. The van der Waals surface area contributed by atoms with Crippen LogP contribution in [0.1, 0.15) is 74.2 Å². The van der Waals surface area contributed by atoms with Crippen LogP contribution in [0.2, 0.25) is 0 Å². The van der Waals surface area contributed by atoms with Gasteiger partial charge in [-0.1, -0.05) is 0 Å². The summed E-state index contributed by atoms with van der Waals surface area (Å²) in [6.07, 6.45) is 3.85. The molecule has 2 aromatic heterocycles. The summed E-state index contributed by atoms with van der Waals surface area (Å²) in [6, 6.07) is -3.80. The van der Waals surface area contributed by atoms with Gasteiger partial charge in [-0.15, -0.1) is 29.0 Å². The average Bonchev–Trinajstić information content (AvgIpc) is 3.73. The number of urea groups is 2. The number of fused-ring (bicyclic) bond motifs is 6. The average molecular weight is 677 g/mol. The molecule has 2 aromatic rings. The molecule has 4 bridgehead atoms. The fraction of sp³-hybridized carbons (Fsp3) is 0.667. The summed E-state index contributed by atoms with van der Waals surface area (Å²) in [4.78, 5) is 30.0. The quantitative estimate of drug-likeness (QED) is 0.128. The van der Waals surface area contributed by atoms with Crippen molar-refractivity contribution in [2.75, 3.05) is 13.1 Å². The SMILES string of the molecule is N=C(N)NCc1nnc([C@@H]2CC3(CC3)[C@@H]3CN2C(=O)N3OS(=O)(=O)ON2C(=O)N3C[C@H]2C2(CC2)C[C@H]3c2nnc(CNC(=N)N)o2)o1. The van der Waals surface area contributed by atoms with Gasteiger partial charge < -0.3 is 40.7 Å². The first-order chi connectivity index (χ1) is 22.4. The van der Waals surface area contributed by atoms with Gasteiger partial charge in [0.25, 0.3) is 0 Å². The van der Waals surface area contributed by atoms with Gasteiger partial charge in [-0.2, -0.15) is 18.5 Å². The van der Waals surface area contributed by atoms with E-state index >= 15 is 0 Å². The molecule has 23 heteroatoms. The van der Waals surface area contributed by atoms with Crippen molar-refractivity contribution >= 4 is 34.4 Å². The number of hydrogen-bond acceptors (Lipinski definition) is 14. The van der Waals surface area contributed by atoms with Crippen molar-refractivity contribution in [2.45, 2.75) is 75.8 Å². The van der Waals surface area contributed by atoms with E-state index in [4.69, 9.17) is 39.7 Å². The fourth-order valence-corrected chi connectivity index (χ4v) is 8.12. The van der Waals surface area contributed by atoms with Crippen LogP contribution in [0.4, 0.5) is 9.59 Å². The van der Waals surface area contributed by atoms with Crippen LogP contribution >= 0.6 is 0 Å². The molecule has 4 atom stereocenters. The molecular formula is C24H32N14O8S. The summed E-state index contributed by atoms with van der Waals surface area (Å²) >= 11 is 0. The van der Waals surface area contributed by atoms with Crippen LogP contribution in [0.3, 0.4) is 0 Å². The number of hydroxylamine groups is 4. The van der Waals surface area contributed by atoms with E-state index in [0.717, 1.165) is 35.8 Å². The van der Waals surface area contributed by atoms with Crippen LogP contribution in [0, 0.1) is 21.6 Å². The molecule has 4 amide bonds. The van der Waals surface area contributed by atoms with E-state index < -0.39 is 57.5 Å². The van der Waals surface area contributed by atoms with Crippen molar-refractivity contribution in [1.82, 2.24) is 51.0 Å². The van der Waals surface area contributed by atoms with E-state index in [9.17, 15) is 18.0 Å². The van der Waals surface area contributed by atoms with E-state index in [1.54, 1.807) is 0 Å². The smallest absolute Gasteiger partial charge is 0.421 e. The van der Waals surface area contributed by atoms with Gasteiger partial charge in [-0.05, 0) is 49.4 Å². The zero-order valence-corrected chi connectivity index (χ0v) is 25.6. The number of piperidine rings is 2. The Hall–Kier alpha value is -4.77. The van der Waals surface area contributed by atoms with Crippen molar-refractivity contribution in [3.63, 3.8) is 0 Å². The van der Waals surface area contributed by atoms with Crippen LogP contribution < -0.4 is 22.1 Å². The van der Waals surface area contributed by atoms with Crippen molar-refractivity contribution in [3.05, 3.63) is 23.6 Å². The monoisotopic (exact) mass is 676 g/mol. The van der Waals surface area contributed by atoms with E-state index in [0.29, 0.717) is 12.8 Å². The number of guanidine groups is 2. The van der Waals surface area contributed by atoms with Crippen LogP contribution in [-0.4, -0.2) is 97.9 Å². The second kappa shape index (κ2) is 10.1. The lowest BCUT2D eigenvalue weighted by molar-refractivity contribution is -0.101. The fourth-order valence-electron chi connectivity index (χ4n) is 7.37. The van der Waals surface area contributed by atoms with E-state index in [2.05, 4.69) is 31.0 Å². The maximum absolute atomic E-state index is 13.6. The third kappa shape index (κ3) is 4.95. The van der Waals surface area contributed by atoms with Gasteiger partial charge in [-0.3, -0.25) is 10.8 Å². The largest absolute Gasteiger partial charge is 0.442 e. The van der Waals surface area contributed by atoms with Gasteiger partial charge in [0.15, 0.2) is 11.9 Å². The second-order valence-corrected chi connectivity index (χ2v) is 14.0.